The fraction of sp³-hybridized carbons (Fsp3) is 0.333. The van der Waals surface area contributed by atoms with Crippen LogP contribution in [0.4, 0.5) is 11.4 Å². The Morgan fingerprint density at radius 2 is 2.10 bits per heavy atom. The summed E-state index contributed by atoms with van der Waals surface area (Å²) in [6.07, 6.45) is 2.91. The normalized spacial score (nSPS) is 15.2. The fourth-order valence-corrected chi connectivity index (χ4v) is 3.95. The second kappa shape index (κ2) is 6.70. The van der Waals surface area contributed by atoms with Gasteiger partial charge in [0.1, 0.15) is 0 Å². The number of hydrogen-bond acceptors (Lipinski definition) is 4. The average molecular weight is 321 g/mol. The van der Waals surface area contributed by atoms with Crippen LogP contribution in [0.3, 0.4) is 0 Å². The topological polar surface area (TPSA) is 55.4 Å². The third-order valence-corrected chi connectivity index (χ3v) is 5.10. The molecule has 0 amide bonds. The molecule has 1 atom stereocenters. The van der Waals surface area contributed by atoms with Crippen molar-refractivity contribution in [2.75, 3.05) is 18.0 Å². The summed E-state index contributed by atoms with van der Waals surface area (Å²) < 4.78 is 23.5. The van der Waals surface area contributed by atoms with Crippen LogP contribution in [-0.2, 0) is 24.1 Å². The van der Waals surface area contributed by atoms with Crippen LogP contribution in [-0.4, -0.2) is 21.9 Å². The lowest BCUT2D eigenvalue weighted by atomic mass is 10.1. The van der Waals surface area contributed by atoms with Crippen molar-refractivity contribution in [1.29, 1.82) is 0 Å². The van der Waals surface area contributed by atoms with E-state index in [1.165, 1.54) is 21.8 Å². The Morgan fingerprint density at radius 3 is 2.95 bits per heavy atom. The summed E-state index contributed by atoms with van der Waals surface area (Å²) in [4.78, 5) is 3.73. The van der Waals surface area contributed by atoms with Crippen LogP contribution in [0.25, 0.3) is 0 Å². The van der Waals surface area contributed by atoms with E-state index >= 15 is 0 Å². The molecule has 1 aliphatic heterocycles. The van der Waals surface area contributed by atoms with Crippen LogP contribution < -0.4 is 9.62 Å². The van der Waals surface area contributed by atoms with E-state index in [9.17, 15) is 8.76 Å². The van der Waals surface area contributed by atoms with E-state index in [-0.39, 0.29) is 0 Å². The Bertz CT molecular complexity index is 642. The second-order valence-electron chi connectivity index (χ2n) is 4.99. The van der Waals surface area contributed by atoms with Crippen molar-refractivity contribution >= 4 is 34.0 Å². The zero-order valence-electron chi connectivity index (χ0n) is 11.6. The molecule has 0 fully saturated rings. The minimum atomic E-state index is -2.17. The van der Waals surface area contributed by atoms with Gasteiger partial charge in [-0.15, -0.1) is 11.3 Å². The van der Waals surface area contributed by atoms with Crippen molar-refractivity contribution < 1.29 is 8.76 Å². The Hall–Kier alpha value is -1.21. The molecule has 0 bridgehead atoms. The van der Waals surface area contributed by atoms with Crippen molar-refractivity contribution in [3.8, 4) is 0 Å². The largest absolute Gasteiger partial charge is 0.760 e. The maximum absolute atomic E-state index is 10.5. The molecule has 0 spiro atoms. The molecule has 0 aliphatic carbocycles. The van der Waals surface area contributed by atoms with E-state index in [2.05, 4.69) is 45.3 Å². The Labute approximate surface area is 131 Å². The van der Waals surface area contributed by atoms with Gasteiger partial charge in [0.25, 0.3) is 0 Å². The van der Waals surface area contributed by atoms with E-state index < -0.39 is 11.3 Å². The van der Waals surface area contributed by atoms with Gasteiger partial charge in [-0.1, -0.05) is 18.2 Å². The monoisotopic (exact) mass is 321 g/mol. The number of hydrogen-bond donors (Lipinski definition) is 1. The van der Waals surface area contributed by atoms with Gasteiger partial charge in [-0.3, -0.25) is 4.21 Å². The van der Waals surface area contributed by atoms with Gasteiger partial charge in [-0.25, -0.2) is 4.72 Å². The molecular formula is C15H17N2O2S2-. The fourth-order valence-electron chi connectivity index (χ4n) is 2.76. The summed E-state index contributed by atoms with van der Waals surface area (Å²) in [5.74, 6) is 0. The first-order valence-corrected chi connectivity index (χ1v) is 8.96. The first-order chi connectivity index (χ1) is 10.3. The summed E-state index contributed by atoms with van der Waals surface area (Å²) >= 11 is -0.373. The summed E-state index contributed by atoms with van der Waals surface area (Å²) in [7, 11) is 0. The Balaban J connectivity index is 1.82. The number of rotatable bonds is 5. The second-order valence-corrected chi connectivity index (χ2v) is 6.75. The number of nitrogens with zero attached hydrogens (tertiary/aromatic N) is 1. The summed E-state index contributed by atoms with van der Waals surface area (Å²) in [6, 6.07) is 10.7. The molecule has 21 heavy (non-hydrogen) atoms. The minimum absolute atomic E-state index is 0.467. The standard InChI is InChI=1S/C15H18N2O2S2/c18-21(19)16-9-3-10-17-13-5-2-1-4-12(13)6-7-15-14(17)8-11-20-15/h1-2,4-5,8,11,16H,3,6-7,9-10H2,(H,18,19)/p-1. The van der Waals surface area contributed by atoms with Gasteiger partial charge in [-0.05, 0) is 42.3 Å². The molecule has 6 heteroatoms. The minimum Gasteiger partial charge on any atom is -0.760 e. The van der Waals surface area contributed by atoms with Crippen molar-refractivity contribution in [2.24, 2.45) is 0 Å². The molecule has 1 unspecified atom stereocenters. The maximum atomic E-state index is 10.5. The summed E-state index contributed by atoms with van der Waals surface area (Å²) in [5, 5.41) is 2.14. The van der Waals surface area contributed by atoms with Crippen LogP contribution in [0.15, 0.2) is 35.7 Å². The number of benzene rings is 1. The third kappa shape index (κ3) is 3.35. The smallest absolute Gasteiger partial charge is 0.0552 e. The lowest BCUT2D eigenvalue weighted by Gasteiger charge is -2.25. The van der Waals surface area contributed by atoms with Gasteiger partial charge in [0.05, 0.1) is 5.69 Å². The molecule has 0 radical (unpaired) electrons. The molecular weight excluding hydrogens is 304 g/mol. The number of aryl methyl sites for hydroxylation is 2. The summed E-state index contributed by atoms with van der Waals surface area (Å²) in [5.41, 5.74) is 3.88. The van der Waals surface area contributed by atoms with E-state index in [0.29, 0.717) is 6.54 Å². The van der Waals surface area contributed by atoms with Gasteiger partial charge in [0.2, 0.25) is 0 Å². The summed E-state index contributed by atoms with van der Waals surface area (Å²) in [6.45, 7) is 1.28. The number of nitrogens with one attached hydrogen (secondary N) is 1. The molecule has 112 valence electrons. The van der Waals surface area contributed by atoms with Crippen molar-refractivity contribution in [1.82, 2.24) is 4.72 Å². The van der Waals surface area contributed by atoms with Crippen LogP contribution in [0.5, 0.6) is 0 Å². The predicted octanol–water partition coefficient (Wildman–Crippen LogP) is 2.76. The average Bonchev–Trinajstić information content (AvgIpc) is 2.88. The van der Waals surface area contributed by atoms with Gasteiger partial charge in [-0.2, -0.15) is 0 Å². The molecule has 2 heterocycles. The first-order valence-electron chi connectivity index (χ1n) is 7.00. The number of thiophene rings is 1. The van der Waals surface area contributed by atoms with Crippen LogP contribution in [0, 0.1) is 0 Å². The van der Waals surface area contributed by atoms with E-state index in [1.54, 1.807) is 11.3 Å². The lowest BCUT2D eigenvalue weighted by molar-refractivity contribution is 0.521. The predicted molar refractivity (Wildman–Crippen MR) is 86.7 cm³/mol. The quantitative estimate of drug-likeness (QED) is 0.680. The molecule has 1 aromatic carbocycles. The first kappa shape index (κ1) is 14.7. The lowest BCUT2D eigenvalue weighted by Crippen LogP contribution is -2.24. The van der Waals surface area contributed by atoms with E-state index in [0.717, 1.165) is 25.8 Å². The molecule has 1 aliphatic rings. The van der Waals surface area contributed by atoms with Crippen LogP contribution >= 0.6 is 11.3 Å². The number of para-hydroxylation sites is 1. The number of anilines is 2. The van der Waals surface area contributed by atoms with Crippen molar-refractivity contribution in [2.45, 2.75) is 19.3 Å². The Kier molecular flexibility index (Phi) is 4.70. The van der Waals surface area contributed by atoms with Crippen LogP contribution in [0.2, 0.25) is 0 Å². The molecule has 0 saturated heterocycles. The molecule has 3 rings (SSSR count). The SMILES string of the molecule is O=S([O-])NCCCN1c2ccccc2CCc2sccc21. The van der Waals surface area contributed by atoms with Gasteiger partial charge >= 0.3 is 0 Å². The molecule has 4 nitrogen and oxygen atoms in total. The van der Waals surface area contributed by atoms with E-state index in [1.807, 2.05) is 0 Å². The highest BCUT2D eigenvalue weighted by Crippen LogP contribution is 2.38. The zero-order valence-corrected chi connectivity index (χ0v) is 13.2. The van der Waals surface area contributed by atoms with Crippen molar-refractivity contribution in [3.63, 3.8) is 0 Å². The van der Waals surface area contributed by atoms with Gasteiger partial charge in [0.15, 0.2) is 0 Å². The molecule has 1 aromatic heterocycles. The highest BCUT2D eigenvalue weighted by Gasteiger charge is 2.20. The highest BCUT2D eigenvalue weighted by atomic mass is 32.2. The van der Waals surface area contributed by atoms with Gasteiger partial charge in [0, 0.05) is 34.9 Å². The Morgan fingerprint density at radius 1 is 1.24 bits per heavy atom. The maximum Gasteiger partial charge on any atom is 0.0552 e. The van der Waals surface area contributed by atoms with Gasteiger partial charge < -0.3 is 9.45 Å². The van der Waals surface area contributed by atoms with Crippen LogP contribution in [0.1, 0.15) is 16.9 Å². The molecule has 0 saturated carbocycles. The van der Waals surface area contributed by atoms with Crippen molar-refractivity contribution in [3.05, 3.63) is 46.2 Å². The molecule has 1 N–H and O–H groups in total. The third-order valence-electron chi connectivity index (χ3n) is 3.69. The number of fused-ring (bicyclic) bond motifs is 2. The van der Waals surface area contributed by atoms with E-state index in [4.69, 9.17) is 0 Å². The zero-order chi connectivity index (χ0) is 14.7. The highest BCUT2D eigenvalue weighted by molar-refractivity contribution is 7.77. The molecule has 2 aromatic rings.